The van der Waals surface area contributed by atoms with Crippen LogP contribution in [-0.4, -0.2) is 28.0 Å². The van der Waals surface area contributed by atoms with E-state index in [9.17, 15) is 4.79 Å². The summed E-state index contributed by atoms with van der Waals surface area (Å²) in [5.74, 6) is -0.246. The number of methoxy groups -OCH3 is 1. The minimum atomic E-state index is -1.02. The number of nitrogens with zero attached hydrogens (tertiary/aromatic N) is 2. The van der Waals surface area contributed by atoms with Crippen LogP contribution in [0.2, 0.25) is 0 Å². The molecule has 110 valence electrons. The van der Waals surface area contributed by atoms with Crippen LogP contribution in [0.5, 0.6) is 5.75 Å². The number of carbonyl (C=O) groups is 1. The molecular formula is C16H18N2O3. The molecule has 2 aromatic rings. The third kappa shape index (κ3) is 2.39. The van der Waals surface area contributed by atoms with Crippen LogP contribution >= 0.6 is 0 Å². The summed E-state index contributed by atoms with van der Waals surface area (Å²) >= 11 is 0. The van der Waals surface area contributed by atoms with E-state index in [0.717, 1.165) is 29.8 Å². The first-order valence-electron chi connectivity index (χ1n) is 7.07. The lowest BCUT2D eigenvalue weighted by Gasteiger charge is -2.19. The lowest BCUT2D eigenvalue weighted by atomic mass is 9.89. The van der Waals surface area contributed by atoms with Crippen LogP contribution in [0.3, 0.4) is 0 Å². The number of aryl methyl sites for hydroxylation is 3. The van der Waals surface area contributed by atoms with Crippen LogP contribution in [0.25, 0.3) is 11.3 Å². The number of hydrogen-bond donors (Lipinski definition) is 1. The second kappa shape index (κ2) is 5.24. The zero-order chi connectivity index (χ0) is 15.0. The molecule has 0 spiro atoms. The van der Waals surface area contributed by atoms with E-state index in [4.69, 9.17) is 9.84 Å². The Labute approximate surface area is 123 Å². The van der Waals surface area contributed by atoms with Gasteiger partial charge in [0.25, 0.3) is 0 Å². The highest BCUT2D eigenvalue weighted by Crippen LogP contribution is 2.35. The number of rotatable bonds is 3. The predicted molar refractivity (Wildman–Crippen MR) is 78.8 cm³/mol. The Morgan fingerprint density at radius 1 is 1.24 bits per heavy atom. The molecule has 1 aliphatic rings. The summed E-state index contributed by atoms with van der Waals surface area (Å²) in [6.07, 6.45) is 4.56. The normalized spacial score (nSPS) is 13.8. The van der Waals surface area contributed by atoms with Gasteiger partial charge >= 0.3 is 5.97 Å². The molecule has 0 bridgehead atoms. The third-order valence-electron chi connectivity index (χ3n) is 4.04. The first-order valence-corrected chi connectivity index (χ1v) is 7.07. The molecule has 21 heavy (non-hydrogen) atoms. The van der Waals surface area contributed by atoms with Crippen molar-refractivity contribution in [3.05, 3.63) is 35.0 Å². The van der Waals surface area contributed by atoms with Crippen LogP contribution in [0.1, 0.15) is 34.5 Å². The van der Waals surface area contributed by atoms with Gasteiger partial charge in [-0.15, -0.1) is 0 Å². The van der Waals surface area contributed by atoms with Gasteiger partial charge in [0.2, 0.25) is 0 Å². The van der Waals surface area contributed by atoms with Crippen LogP contribution in [0.4, 0.5) is 0 Å². The van der Waals surface area contributed by atoms with Crippen molar-refractivity contribution in [3.63, 3.8) is 0 Å². The second-order valence-corrected chi connectivity index (χ2v) is 5.37. The van der Waals surface area contributed by atoms with Gasteiger partial charge < -0.3 is 9.84 Å². The SMILES string of the molecule is COc1cc2c(cc1-c1cc(C(=O)O)nn1C)CCCC2. The molecule has 5 nitrogen and oxygen atoms in total. The molecule has 1 aliphatic carbocycles. The van der Waals surface area contributed by atoms with E-state index in [1.54, 1.807) is 24.9 Å². The van der Waals surface area contributed by atoms with Crippen molar-refractivity contribution in [2.45, 2.75) is 25.7 Å². The molecule has 0 saturated heterocycles. The Morgan fingerprint density at radius 2 is 1.90 bits per heavy atom. The molecule has 0 atom stereocenters. The Kier molecular flexibility index (Phi) is 3.41. The van der Waals surface area contributed by atoms with Crippen molar-refractivity contribution in [2.24, 2.45) is 7.05 Å². The number of aromatic nitrogens is 2. The van der Waals surface area contributed by atoms with Crippen LogP contribution in [0.15, 0.2) is 18.2 Å². The minimum Gasteiger partial charge on any atom is -0.496 e. The highest BCUT2D eigenvalue weighted by molar-refractivity contribution is 5.87. The van der Waals surface area contributed by atoms with Gasteiger partial charge in [0, 0.05) is 12.6 Å². The lowest BCUT2D eigenvalue weighted by Crippen LogP contribution is -2.05. The third-order valence-corrected chi connectivity index (χ3v) is 4.04. The maximum Gasteiger partial charge on any atom is 0.356 e. The van der Waals surface area contributed by atoms with Crippen LogP contribution < -0.4 is 4.74 Å². The molecule has 3 rings (SSSR count). The van der Waals surface area contributed by atoms with Gasteiger partial charge in [-0.05, 0) is 55.0 Å². The van der Waals surface area contributed by atoms with E-state index in [-0.39, 0.29) is 5.69 Å². The van der Waals surface area contributed by atoms with Gasteiger partial charge in [0.15, 0.2) is 5.69 Å². The summed E-state index contributed by atoms with van der Waals surface area (Å²) in [7, 11) is 3.39. The summed E-state index contributed by atoms with van der Waals surface area (Å²) in [6.45, 7) is 0. The van der Waals surface area contributed by atoms with Gasteiger partial charge in [-0.2, -0.15) is 5.10 Å². The maximum absolute atomic E-state index is 11.1. The molecule has 0 unspecified atom stereocenters. The van der Waals surface area contributed by atoms with Gasteiger partial charge in [0.05, 0.1) is 12.8 Å². The van der Waals surface area contributed by atoms with E-state index in [0.29, 0.717) is 0 Å². The highest BCUT2D eigenvalue weighted by Gasteiger charge is 2.19. The molecule has 1 N–H and O–H groups in total. The minimum absolute atomic E-state index is 0.0484. The monoisotopic (exact) mass is 286 g/mol. The largest absolute Gasteiger partial charge is 0.496 e. The second-order valence-electron chi connectivity index (χ2n) is 5.37. The topological polar surface area (TPSA) is 64.3 Å². The number of ether oxygens (including phenoxy) is 1. The first kappa shape index (κ1) is 13.7. The van der Waals surface area contributed by atoms with Crippen LogP contribution in [0, 0.1) is 0 Å². The number of hydrogen-bond acceptors (Lipinski definition) is 3. The van der Waals surface area contributed by atoms with Crippen molar-refractivity contribution in [2.75, 3.05) is 7.11 Å². The molecule has 0 amide bonds. The summed E-state index contributed by atoms with van der Waals surface area (Å²) in [5.41, 5.74) is 4.38. The number of benzene rings is 1. The van der Waals surface area contributed by atoms with E-state index in [1.807, 2.05) is 0 Å². The van der Waals surface area contributed by atoms with E-state index in [2.05, 4.69) is 17.2 Å². The lowest BCUT2D eigenvalue weighted by molar-refractivity contribution is 0.0689. The van der Waals surface area contributed by atoms with E-state index < -0.39 is 5.97 Å². The van der Waals surface area contributed by atoms with Crippen molar-refractivity contribution in [3.8, 4) is 17.0 Å². The molecule has 1 aromatic heterocycles. The fourth-order valence-corrected chi connectivity index (χ4v) is 2.96. The highest BCUT2D eigenvalue weighted by atomic mass is 16.5. The fraction of sp³-hybridized carbons (Fsp3) is 0.375. The molecular weight excluding hydrogens is 268 g/mol. The predicted octanol–water partition coefficient (Wildman–Crippen LogP) is 2.67. The molecule has 0 aliphatic heterocycles. The quantitative estimate of drug-likeness (QED) is 0.942. The van der Waals surface area contributed by atoms with E-state index in [1.165, 1.54) is 24.0 Å². The Morgan fingerprint density at radius 3 is 2.48 bits per heavy atom. The molecule has 0 radical (unpaired) electrons. The standard InChI is InChI=1S/C16H18N2O3/c1-18-14(9-13(17-18)16(19)20)12-7-10-5-3-4-6-11(10)8-15(12)21-2/h7-9H,3-6H2,1-2H3,(H,19,20). The summed E-state index contributed by atoms with van der Waals surface area (Å²) in [5, 5.41) is 13.1. The van der Waals surface area contributed by atoms with Crippen molar-refractivity contribution < 1.29 is 14.6 Å². The van der Waals surface area contributed by atoms with E-state index >= 15 is 0 Å². The number of carboxylic acids is 1. The number of carboxylic acid groups (broad SMARTS) is 1. The van der Waals surface area contributed by atoms with Crippen molar-refractivity contribution >= 4 is 5.97 Å². The Balaban J connectivity index is 2.15. The Bertz CT molecular complexity index is 704. The zero-order valence-electron chi connectivity index (χ0n) is 12.2. The number of fused-ring (bicyclic) bond motifs is 1. The van der Waals surface area contributed by atoms with Gasteiger partial charge in [-0.25, -0.2) is 4.79 Å². The van der Waals surface area contributed by atoms with Crippen LogP contribution in [-0.2, 0) is 19.9 Å². The molecule has 0 fully saturated rings. The smallest absolute Gasteiger partial charge is 0.356 e. The zero-order valence-corrected chi connectivity index (χ0v) is 12.2. The van der Waals surface area contributed by atoms with Gasteiger partial charge in [-0.3, -0.25) is 4.68 Å². The molecule has 0 saturated carbocycles. The summed E-state index contributed by atoms with van der Waals surface area (Å²) < 4.78 is 7.10. The summed E-state index contributed by atoms with van der Waals surface area (Å²) in [4.78, 5) is 11.1. The molecule has 1 aromatic carbocycles. The first-order chi connectivity index (χ1) is 10.1. The fourth-order valence-electron chi connectivity index (χ4n) is 2.96. The average molecular weight is 286 g/mol. The molecule has 1 heterocycles. The maximum atomic E-state index is 11.1. The van der Waals surface area contributed by atoms with Crippen molar-refractivity contribution in [1.29, 1.82) is 0 Å². The number of aromatic carboxylic acids is 1. The average Bonchev–Trinajstić information content (AvgIpc) is 2.88. The summed E-state index contributed by atoms with van der Waals surface area (Å²) in [6, 6.07) is 5.79. The molecule has 5 heteroatoms. The Hall–Kier alpha value is -2.30. The van der Waals surface area contributed by atoms with Crippen molar-refractivity contribution in [1.82, 2.24) is 9.78 Å². The van der Waals surface area contributed by atoms with Gasteiger partial charge in [-0.1, -0.05) is 0 Å². The van der Waals surface area contributed by atoms with Gasteiger partial charge in [0.1, 0.15) is 5.75 Å².